The van der Waals surface area contributed by atoms with Gasteiger partial charge in [0, 0.05) is 24.1 Å². The maximum atomic E-state index is 12.8. The molecule has 0 bridgehead atoms. The van der Waals surface area contributed by atoms with Gasteiger partial charge in [-0.3, -0.25) is 9.69 Å². The van der Waals surface area contributed by atoms with E-state index in [2.05, 4.69) is 15.2 Å². The number of amides is 1. The molecule has 30 heavy (non-hydrogen) atoms. The van der Waals surface area contributed by atoms with Crippen molar-refractivity contribution in [2.24, 2.45) is 0 Å². The van der Waals surface area contributed by atoms with Gasteiger partial charge in [0.25, 0.3) is 0 Å². The first-order valence-corrected chi connectivity index (χ1v) is 10.6. The number of nitrogens with zero attached hydrogens (tertiary/aromatic N) is 4. The van der Waals surface area contributed by atoms with Crippen LogP contribution in [0.25, 0.3) is 11.3 Å². The Kier molecular flexibility index (Phi) is 4.63. The molecule has 1 aromatic heterocycles. The molecule has 0 saturated carbocycles. The van der Waals surface area contributed by atoms with Gasteiger partial charge in [-0.15, -0.1) is 10.2 Å². The van der Waals surface area contributed by atoms with Gasteiger partial charge in [0.2, 0.25) is 30.0 Å². The number of benzene rings is 2. The SMILES string of the molecule is CSc1nnc2c(n1)OC(c1cc3c(cc1Cl)OCO3)N(C(C)=O)c1ccccc1-2. The van der Waals surface area contributed by atoms with Crippen LogP contribution in [0, 0.1) is 0 Å². The van der Waals surface area contributed by atoms with Gasteiger partial charge in [-0.2, -0.15) is 4.98 Å². The molecule has 2 aromatic carbocycles. The van der Waals surface area contributed by atoms with Crippen molar-refractivity contribution in [3.05, 3.63) is 47.0 Å². The van der Waals surface area contributed by atoms with E-state index in [1.54, 1.807) is 12.1 Å². The van der Waals surface area contributed by atoms with Crippen molar-refractivity contribution in [2.75, 3.05) is 17.9 Å². The molecule has 0 radical (unpaired) electrons. The molecule has 2 aliphatic heterocycles. The highest BCUT2D eigenvalue weighted by Crippen LogP contribution is 2.46. The lowest BCUT2D eigenvalue weighted by atomic mass is 10.1. The first-order valence-electron chi connectivity index (χ1n) is 9.00. The van der Waals surface area contributed by atoms with E-state index in [-0.39, 0.29) is 18.6 Å². The quantitative estimate of drug-likeness (QED) is 0.548. The Morgan fingerprint density at radius 1 is 1.20 bits per heavy atom. The molecule has 0 N–H and O–H groups in total. The largest absolute Gasteiger partial charge is 0.454 e. The topological polar surface area (TPSA) is 86.7 Å². The molecule has 3 heterocycles. The number of hydrogen-bond donors (Lipinski definition) is 0. The van der Waals surface area contributed by atoms with Crippen LogP contribution in [0.2, 0.25) is 5.02 Å². The van der Waals surface area contributed by atoms with Gasteiger partial charge in [0.05, 0.1) is 10.7 Å². The normalized spacial score (nSPS) is 16.4. The number of carbonyl (C=O) groups excluding carboxylic acids is 1. The number of aromatic nitrogens is 3. The average Bonchev–Trinajstić information content (AvgIpc) is 3.14. The highest BCUT2D eigenvalue weighted by molar-refractivity contribution is 7.98. The van der Waals surface area contributed by atoms with Crippen LogP contribution in [0.5, 0.6) is 17.4 Å². The highest BCUT2D eigenvalue weighted by Gasteiger charge is 2.36. The predicted molar refractivity (Wildman–Crippen MR) is 111 cm³/mol. The summed E-state index contributed by atoms with van der Waals surface area (Å²) in [4.78, 5) is 18.8. The zero-order valence-electron chi connectivity index (χ0n) is 16.0. The van der Waals surface area contributed by atoms with Gasteiger partial charge in [0.1, 0.15) is 0 Å². The third-order valence-electron chi connectivity index (χ3n) is 4.79. The molecule has 152 valence electrons. The van der Waals surface area contributed by atoms with Crippen LogP contribution < -0.4 is 19.1 Å². The van der Waals surface area contributed by atoms with Gasteiger partial charge in [-0.05, 0) is 18.4 Å². The summed E-state index contributed by atoms with van der Waals surface area (Å²) in [6.07, 6.45) is 0.959. The fourth-order valence-electron chi connectivity index (χ4n) is 3.46. The molecular weight excluding hydrogens is 428 g/mol. The number of rotatable bonds is 2. The summed E-state index contributed by atoms with van der Waals surface area (Å²) in [5.41, 5.74) is 2.31. The van der Waals surface area contributed by atoms with E-state index in [9.17, 15) is 4.79 Å². The summed E-state index contributed by atoms with van der Waals surface area (Å²) in [7, 11) is 0. The van der Waals surface area contributed by atoms with Crippen LogP contribution in [0.4, 0.5) is 5.69 Å². The molecule has 2 aliphatic rings. The summed E-state index contributed by atoms with van der Waals surface area (Å²) in [5.74, 6) is 1.11. The maximum Gasteiger partial charge on any atom is 0.247 e. The number of thioether (sulfide) groups is 1. The standard InChI is InChI=1S/C20H15ClN4O4S/c1-10(26)25-14-6-4-3-5-11(14)17-18(22-20(30-2)24-23-17)29-19(25)12-7-15-16(8-13(12)21)28-9-27-15/h3-8,19H,9H2,1-2H3. The smallest absolute Gasteiger partial charge is 0.247 e. The summed E-state index contributed by atoms with van der Waals surface area (Å²) in [6, 6.07) is 10.8. The molecule has 0 fully saturated rings. The molecule has 1 amide bonds. The van der Waals surface area contributed by atoms with E-state index in [0.717, 1.165) is 0 Å². The van der Waals surface area contributed by atoms with Crippen molar-refractivity contribution in [3.63, 3.8) is 0 Å². The van der Waals surface area contributed by atoms with Crippen molar-refractivity contribution in [1.82, 2.24) is 15.2 Å². The van der Waals surface area contributed by atoms with E-state index in [0.29, 0.717) is 44.2 Å². The van der Waals surface area contributed by atoms with Gasteiger partial charge in [-0.1, -0.05) is 41.6 Å². The number of ether oxygens (including phenoxy) is 3. The Hall–Kier alpha value is -3.04. The second-order valence-electron chi connectivity index (χ2n) is 6.56. The monoisotopic (exact) mass is 442 g/mol. The third-order valence-corrected chi connectivity index (χ3v) is 5.66. The second kappa shape index (κ2) is 7.33. The first kappa shape index (κ1) is 19.0. The molecule has 8 nitrogen and oxygen atoms in total. The number of para-hydroxylation sites is 1. The lowest BCUT2D eigenvalue weighted by Crippen LogP contribution is -2.36. The molecule has 10 heteroatoms. The van der Waals surface area contributed by atoms with Crippen molar-refractivity contribution in [2.45, 2.75) is 18.3 Å². The van der Waals surface area contributed by atoms with Gasteiger partial charge in [0.15, 0.2) is 17.2 Å². The Labute approximate surface area is 181 Å². The minimum Gasteiger partial charge on any atom is -0.454 e. The predicted octanol–water partition coefficient (Wildman–Crippen LogP) is 4.09. The van der Waals surface area contributed by atoms with Gasteiger partial charge < -0.3 is 14.2 Å². The van der Waals surface area contributed by atoms with Crippen molar-refractivity contribution in [1.29, 1.82) is 0 Å². The Morgan fingerprint density at radius 3 is 2.73 bits per heavy atom. The van der Waals surface area contributed by atoms with Gasteiger partial charge in [-0.25, -0.2) is 0 Å². The van der Waals surface area contributed by atoms with Crippen LogP contribution in [0.15, 0.2) is 41.6 Å². The van der Waals surface area contributed by atoms with Crippen molar-refractivity contribution >= 4 is 35.0 Å². The third kappa shape index (κ3) is 3.01. The summed E-state index contributed by atoms with van der Waals surface area (Å²) >= 11 is 7.92. The summed E-state index contributed by atoms with van der Waals surface area (Å²) < 4.78 is 17.2. The van der Waals surface area contributed by atoms with Gasteiger partial charge >= 0.3 is 0 Å². The van der Waals surface area contributed by atoms with E-state index >= 15 is 0 Å². The number of anilines is 1. The van der Waals surface area contributed by atoms with Crippen LogP contribution >= 0.6 is 23.4 Å². The zero-order valence-corrected chi connectivity index (χ0v) is 17.5. The molecule has 0 saturated heterocycles. The Balaban J connectivity index is 1.75. The molecule has 3 aromatic rings. The molecule has 5 rings (SSSR count). The fraction of sp³-hybridized carbons (Fsp3) is 0.200. The van der Waals surface area contributed by atoms with Crippen molar-refractivity contribution < 1.29 is 19.0 Å². The molecular formula is C20H15ClN4O4S. The summed E-state index contributed by atoms with van der Waals surface area (Å²) in [5, 5.41) is 9.29. The van der Waals surface area contributed by atoms with Crippen molar-refractivity contribution in [3.8, 4) is 28.6 Å². The Bertz CT molecular complexity index is 1180. The highest BCUT2D eigenvalue weighted by atomic mass is 35.5. The molecule has 1 atom stereocenters. The van der Waals surface area contributed by atoms with E-state index in [1.807, 2.05) is 30.5 Å². The van der Waals surface area contributed by atoms with Crippen LogP contribution in [-0.4, -0.2) is 34.1 Å². The second-order valence-corrected chi connectivity index (χ2v) is 7.74. The lowest BCUT2D eigenvalue weighted by molar-refractivity contribution is -0.118. The van der Waals surface area contributed by atoms with E-state index < -0.39 is 6.23 Å². The minimum absolute atomic E-state index is 0.108. The molecule has 0 spiro atoms. The number of fused-ring (bicyclic) bond motifs is 4. The number of hydrogen-bond acceptors (Lipinski definition) is 8. The Morgan fingerprint density at radius 2 is 1.97 bits per heavy atom. The first-order chi connectivity index (χ1) is 14.6. The molecule has 0 aliphatic carbocycles. The lowest BCUT2D eigenvalue weighted by Gasteiger charge is -2.30. The minimum atomic E-state index is -0.890. The van der Waals surface area contributed by atoms with E-state index in [1.165, 1.54) is 23.6 Å². The van der Waals surface area contributed by atoms with Crippen LogP contribution in [-0.2, 0) is 4.79 Å². The number of halogens is 1. The average molecular weight is 443 g/mol. The van der Waals surface area contributed by atoms with Crippen LogP contribution in [0.3, 0.4) is 0 Å². The van der Waals surface area contributed by atoms with Crippen LogP contribution in [0.1, 0.15) is 18.7 Å². The number of carbonyl (C=O) groups is 1. The maximum absolute atomic E-state index is 12.8. The zero-order chi connectivity index (χ0) is 20.8. The van der Waals surface area contributed by atoms with E-state index in [4.69, 9.17) is 25.8 Å². The summed E-state index contributed by atoms with van der Waals surface area (Å²) in [6.45, 7) is 1.58. The fourth-order valence-corrected chi connectivity index (χ4v) is 4.01. The molecule has 1 unspecified atom stereocenters.